The molecule has 0 aromatic rings. The summed E-state index contributed by atoms with van der Waals surface area (Å²) >= 11 is 0. The van der Waals surface area contributed by atoms with Crippen LogP contribution < -0.4 is 5.32 Å². The van der Waals surface area contributed by atoms with Gasteiger partial charge >= 0.3 is 0 Å². The molecule has 3 atom stereocenters. The van der Waals surface area contributed by atoms with E-state index in [4.69, 9.17) is 0 Å². The minimum absolute atomic E-state index is 0.129. The summed E-state index contributed by atoms with van der Waals surface area (Å²) in [6, 6.07) is 0.432. The zero-order valence-electron chi connectivity index (χ0n) is 7.20. The number of piperidine rings is 1. The first-order valence-electron chi connectivity index (χ1n) is 4.77. The topological polar surface area (TPSA) is 29.1 Å². The highest BCUT2D eigenvalue weighted by Gasteiger charge is 2.31. The molecular formula is C10H15NO. The number of allylic oxidation sites excluding steroid dienone is 1. The molecule has 1 heterocycles. The Hall–Kier alpha value is -0.630. The van der Waals surface area contributed by atoms with Crippen molar-refractivity contribution in [2.45, 2.75) is 25.3 Å². The van der Waals surface area contributed by atoms with Crippen LogP contribution in [0.3, 0.4) is 0 Å². The van der Waals surface area contributed by atoms with E-state index in [9.17, 15) is 4.79 Å². The van der Waals surface area contributed by atoms with Crippen molar-refractivity contribution in [2.24, 2.45) is 11.8 Å². The lowest BCUT2D eigenvalue weighted by atomic mass is 9.77. The van der Waals surface area contributed by atoms with Crippen molar-refractivity contribution in [1.82, 2.24) is 5.32 Å². The maximum atomic E-state index is 10.7. The van der Waals surface area contributed by atoms with Crippen LogP contribution in [0.25, 0.3) is 0 Å². The smallest absolute Gasteiger partial charge is 0.128 e. The van der Waals surface area contributed by atoms with E-state index in [-0.39, 0.29) is 5.92 Å². The van der Waals surface area contributed by atoms with Gasteiger partial charge in [0.15, 0.2) is 0 Å². The second-order valence-electron chi connectivity index (χ2n) is 3.76. The number of hydrogen-bond donors (Lipinski definition) is 1. The summed E-state index contributed by atoms with van der Waals surface area (Å²) in [6.45, 7) is 1.08. The molecule has 0 aromatic heterocycles. The molecule has 12 heavy (non-hydrogen) atoms. The highest BCUT2D eigenvalue weighted by Crippen LogP contribution is 2.29. The van der Waals surface area contributed by atoms with Crippen LogP contribution in [0.5, 0.6) is 0 Å². The largest absolute Gasteiger partial charge is 0.313 e. The first-order valence-corrected chi connectivity index (χ1v) is 4.77. The van der Waals surface area contributed by atoms with Crippen LogP contribution >= 0.6 is 0 Å². The van der Waals surface area contributed by atoms with Crippen LogP contribution in [-0.2, 0) is 4.79 Å². The van der Waals surface area contributed by atoms with Gasteiger partial charge in [0.25, 0.3) is 0 Å². The van der Waals surface area contributed by atoms with Gasteiger partial charge in [-0.2, -0.15) is 0 Å². The first kappa shape index (κ1) is 7.99. The van der Waals surface area contributed by atoms with Crippen LogP contribution in [0.1, 0.15) is 19.3 Å². The maximum Gasteiger partial charge on any atom is 0.128 e. The van der Waals surface area contributed by atoms with Crippen molar-refractivity contribution >= 4 is 6.29 Å². The molecular weight excluding hydrogens is 150 g/mol. The van der Waals surface area contributed by atoms with E-state index >= 15 is 0 Å². The zero-order valence-corrected chi connectivity index (χ0v) is 7.20. The van der Waals surface area contributed by atoms with Crippen molar-refractivity contribution in [3.05, 3.63) is 12.2 Å². The number of carbonyl (C=O) groups excluding carboxylic acids is 1. The van der Waals surface area contributed by atoms with E-state index in [1.165, 1.54) is 12.8 Å². The van der Waals surface area contributed by atoms with E-state index in [0.29, 0.717) is 12.0 Å². The molecule has 2 aliphatic rings. The Kier molecular flexibility index (Phi) is 2.26. The summed E-state index contributed by atoms with van der Waals surface area (Å²) in [5.74, 6) is 0.836. The van der Waals surface area contributed by atoms with Crippen LogP contribution in [-0.4, -0.2) is 18.9 Å². The Morgan fingerprint density at radius 2 is 2.42 bits per heavy atom. The average molecular weight is 165 g/mol. The van der Waals surface area contributed by atoms with Crippen molar-refractivity contribution in [3.63, 3.8) is 0 Å². The number of hydrogen-bond acceptors (Lipinski definition) is 2. The predicted molar refractivity (Wildman–Crippen MR) is 47.8 cm³/mol. The molecule has 1 aliphatic carbocycles. The second kappa shape index (κ2) is 3.40. The Balaban J connectivity index is 2.11. The van der Waals surface area contributed by atoms with Crippen molar-refractivity contribution in [3.8, 4) is 0 Å². The lowest BCUT2D eigenvalue weighted by Gasteiger charge is -2.37. The fourth-order valence-electron chi connectivity index (χ4n) is 2.35. The summed E-state index contributed by atoms with van der Waals surface area (Å²) in [5, 5.41) is 3.44. The monoisotopic (exact) mass is 165 g/mol. The van der Waals surface area contributed by atoms with Gasteiger partial charge in [0.05, 0.1) is 0 Å². The molecule has 1 N–H and O–H groups in total. The summed E-state index contributed by atoms with van der Waals surface area (Å²) in [4.78, 5) is 10.7. The Morgan fingerprint density at radius 1 is 1.50 bits per heavy atom. The number of nitrogens with one attached hydrogen (secondary N) is 1. The van der Waals surface area contributed by atoms with Crippen molar-refractivity contribution in [1.29, 1.82) is 0 Å². The third-order valence-corrected chi connectivity index (χ3v) is 3.01. The minimum atomic E-state index is 0.129. The third-order valence-electron chi connectivity index (χ3n) is 3.01. The molecule has 3 unspecified atom stereocenters. The predicted octanol–water partition coefficient (Wildman–Crippen LogP) is 1.13. The second-order valence-corrected chi connectivity index (χ2v) is 3.76. The third kappa shape index (κ3) is 1.31. The molecule has 0 spiro atoms. The summed E-state index contributed by atoms with van der Waals surface area (Å²) < 4.78 is 0. The molecule has 0 aromatic carbocycles. The van der Waals surface area contributed by atoms with Crippen molar-refractivity contribution in [2.75, 3.05) is 6.54 Å². The number of aldehydes is 1. The van der Waals surface area contributed by atoms with Crippen molar-refractivity contribution < 1.29 is 4.79 Å². The van der Waals surface area contributed by atoms with Gasteiger partial charge in [-0.1, -0.05) is 12.2 Å². The van der Waals surface area contributed by atoms with Gasteiger partial charge < -0.3 is 10.1 Å². The average Bonchev–Trinajstić information content (AvgIpc) is 2.17. The fraction of sp³-hybridized carbons (Fsp3) is 0.700. The molecule has 2 rings (SSSR count). The summed E-state index contributed by atoms with van der Waals surface area (Å²) in [7, 11) is 0. The maximum absolute atomic E-state index is 10.7. The van der Waals surface area contributed by atoms with Gasteiger partial charge in [-0.25, -0.2) is 0 Å². The van der Waals surface area contributed by atoms with E-state index < -0.39 is 0 Å². The number of fused-ring (bicyclic) bond motifs is 1. The van der Waals surface area contributed by atoms with Crippen LogP contribution in [0, 0.1) is 11.8 Å². The van der Waals surface area contributed by atoms with Gasteiger partial charge in [-0.3, -0.25) is 0 Å². The van der Waals surface area contributed by atoms with Gasteiger partial charge in [-0.15, -0.1) is 0 Å². The number of rotatable bonds is 1. The lowest BCUT2D eigenvalue weighted by molar-refractivity contribution is -0.111. The summed E-state index contributed by atoms with van der Waals surface area (Å²) in [5.41, 5.74) is 0. The number of carbonyl (C=O) groups is 1. The van der Waals surface area contributed by atoms with E-state index in [1.807, 2.05) is 6.08 Å². The van der Waals surface area contributed by atoms with E-state index in [2.05, 4.69) is 11.4 Å². The first-order chi connectivity index (χ1) is 5.92. The van der Waals surface area contributed by atoms with E-state index in [0.717, 1.165) is 19.3 Å². The Bertz CT molecular complexity index is 200. The standard InChI is InChI=1S/C10H15NO/c12-7-9-4-1-3-8-5-2-6-11-10(8)9/h1,4,7-11H,2-3,5-6H2. The summed E-state index contributed by atoms with van der Waals surface area (Å²) in [6.07, 6.45) is 8.99. The molecule has 2 nitrogen and oxygen atoms in total. The molecule has 1 fully saturated rings. The molecule has 66 valence electrons. The van der Waals surface area contributed by atoms with Gasteiger partial charge in [0, 0.05) is 12.0 Å². The van der Waals surface area contributed by atoms with Gasteiger partial charge in [0.2, 0.25) is 0 Å². The lowest BCUT2D eigenvalue weighted by Crippen LogP contribution is -2.47. The highest BCUT2D eigenvalue weighted by atomic mass is 16.1. The quantitative estimate of drug-likeness (QED) is 0.466. The van der Waals surface area contributed by atoms with Crippen LogP contribution in [0.15, 0.2) is 12.2 Å². The normalized spacial score (nSPS) is 40.5. The molecule has 2 heteroatoms. The van der Waals surface area contributed by atoms with E-state index in [1.54, 1.807) is 0 Å². The minimum Gasteiger partial charge on any atom is -0.313 e. The Morgan fingerprint density at radius 3 is 3.25 bits per heavy atom. The molecule has 1 saturated heterocycles. The molecule has 0 radical (unpaired) electrons. The van der Waals surface area contributed by atoms with Crippen LogP contribution in [0.2, 0.25) is 0 Å². The molecule has 0 bridgehead atoms. The SMILES string of the molecule is O=CC1C=CCC2CCCNC12. The Labute approximate surface area is 73.0 Å². The molecule has 1 aliphatic heterocycles. The fourth-order valence-corrected chi connectivity index (χ4v) is 2.35. The van der Waals surface area contributed by atoms with Gasteiger partial charge in [-0.05, 0) is 31.7 Å². The zero-order chi connectivity index (χ0) is 8.39. The van der Waals surface area contributed by atoms with Crippen LogP contribution in [0.4, 0.5) is 0 Å². The van der Waals surface area contributed by atoms with Gasteiger partial charge in [0.1, 0.15) is 6.29 Å². The highest BCUT2D eigenvalue weighted by molar-refractivity contribution is 5.58. The molecule has 0 saturated carbocycles. The molecule has 0 amide bonds.